The number of amides is 1. The Morgan fingerprint density at radius 2 is 1.96 bits per heavy atom. The van der Waals surface area contributed by atoms with Crippen LogP contribution in [0, 0.1) is 0 Å². The molecular weight excluding hydrogens is 358 g/mol. The lowest BCUT2D eigenvalue weighted by Crippen LogP contribution is -2.61. The molecule has 2 aliphatic heterocycles. The second-order valence-electron chi connectivity index (χ2n) is 6.48. The van der Waals surface area contributed by atoms with Crippen LogP contribution < -0.4 is 4.90 Å². The number of carbonyl (C=O) groups is 1. The van der Waals surface area contributed by atoms with Gasteiger partial charge in [0, 0.05) is 38.0 Å². The summed E-state index contributed by atoms with van der Waals surface area (Å²) in [6, 6.07) is 2.51. The van der Waals surface area contributed by atoms with Crippen molar-refractivity contribution in [3.8, 4) is 0 Å². The van der Waals surface area contributed by atoms with Crippen LogP contribution in [-0.2, 0) is 16.3 Å². The molecule has 9 nitrogen and oxygen atoms in total. The molecule has 2 aromatic heterocycles. The van der Waals surface area contributed by atoms with Crippen LogP contribution in [0.4, 0.5) is 5.95 Å². The molecule has 2 aromatic rings. The van der Waals surface area contributed by atoms with Crippen LogP contribution >= 0.6 is 0 Å². The van der Waals surface area contributed by atoms with E-state index >= 15 is 0 Å². The van der Waals surface area contributed by atoms with E-state index < -0.39 is 15.9 Å². The largest absolute Gasteiger partial charge is 0.361 e. The number of fused-ring (bicyclic) bond motifs is 1. The summed E-state index contributed by atoms with van der Waals surface area (Å²) in [5, 5.41) is 3.84. The Hall–Kier alpha value is -2.49. The maximum atomic E-state index is 12.9. The summed E-state index contributed by atoms with van der Waals surface area (Å²) >= 11 is 0. The van der Waals surface area contributed by atoms with Gasteiger partial charge >= 0.3 is 0 Å². The molecular formula is C16H19N5O4S. The van der Waals surface area contributed by atoms with Gasteiger partial charge in [0.15, 0.2) is 15.5 Å². The van der Waals surface area contributed by atoms with Gasteiger partial charge in [-0.25, -0.2) is 18.4 Å². The van der Waals surface area contributed by atoms with E-state index in [1.807, 2.05) is 11.8 Å². The van der Waals surface area contributed by atoms with Gasteiger partial charge in [0.05, 0.1) is 23.6 Å². The normalized spacial score (nSPS) is 24.5. The van der Waals surface area contributed by atoms with E-state index in [1.165, 1.54) is 0 Å². The number of hydrogen-bond acceptors (Lipinski definition) is 8. The number of aromatic nitrogens is 3. The Balaban J connectivity index is 1.64. The van der Waals surface area contributed by atoms with E-state index in [1.54, 1.807) is 29.4 Å². The third kappa shape index (κ3) is 2.94. The fraction of sp³-hybridized carbons (Fsp3) is 0.500. The van der Waals surface area contributed by atoms with Gasteiger partial charge < -0.3 is 14.3 Å². The first-order chi connectivity index (χ1) is 12.5. The van der Waals surface area contributed by atoms with Crippen molar-refractivity contribution in [3.05, 3.63) is 36.0 Å². The molecule has 10 heteroatoms. The fourth-order valence-electron chi connectivity index (χ4n) is 3.62. The molecule has 0 unspecified atom stereocenters. The summed E-state index contributed by atoms with van der Waals surface area (Å²) in [6.45, 7) is 2.75. The number of aryl methyl sites for hydroxylation is 1. The van der Waals surface area contributed by atoms with Crippen LogP contribution in [0.25, 0.3) is 0 Å². The SMILES string of the molecule is CCc1cc(C(=O)N2CCN(c3ncccn3)[C@@H]3CS(=O)(=O)C[C@@H]32)no1. The molecule has 4 heterocycles. The number of nitrogens with zero attached hydrogens (tertiary/aromatic N) is 5. The highest BCUT2D eigenvalue weighted by molar-refractivity contribution is 7.91. The standard InChI is InChI=1S/C16H19N5O4S/c1-2-11-8-12(19-25-11)15(22)20-6-7-21(16-17-4-3-5-18-16)14-10-26(23,24)9-13(14)20/h3-5,8,13-14H,2,6-7,9-10H2,1H3/t13-,14+/m0/s1. The Morgan fingerprint density at radius 3 is 2.65 bits per heavy atom. The van der Waals surface area contributed by atoms with Crippen molar-refractivity contribution in [2.75, 3.05) is 29.5 Å². The fourth-order valence-corrected chi connectivity index (χ4v) is 5.60. The lowest BCUT2D eigenvalue weighted by molar-refractivity contribution is 0.0637. The number of sulfone groups is 1. The van der Waals surface area contributed by atoms with Gasteiger partial charge in [-0.2, -0.15) is 0 Å². The van der Waals surface area contributed by atoms with E-state index in [9.17, 15) is 13.2 Å². The highest BCUT2D eigenvalue weighted by atomic mass is 32.2. The van der Waals surface area contributed by atoms with Crippen LogP contribution in [-0.4, -0.2) is 71.0 Å². The van der Waals surface area contributed by atoms with Crippen LogP contribution in [0.3, 0.4) is 0 Å². The molecule has 2 saturated heterocycles. The van der Waals surface area contributed by atoms with Crippen molar-refractivity contribution >= 4 is 21.7 Å². The first-order valence-corrected chi connectivity index (χ1v) is 10.3. The van der Waals surface area contributed by atoms with Crippen molar-refractivity contribution in [1.82, 2.24) is 20.0 Å². The van der Waals surface area contributed by atoms with Crippen LogP contribution in [0.5, 0.6) is 0 Å². The van der Waals surface area contributed by atoms with Gasteiger partial charge in [0.2, 0.25) is 5.95 Å². The zero-order valence-corrected chi connectivity index (χ0v) is 15.1. The summed E-state index contributed by atoms with van der Waals surface area (Å²) in [7, 11) is -3.25. The molecule has 0 aliphatic carbocycles. The number of hydrogen-bond donors (Lipinski definition) is 0. The predicted octanol–water partition coefficient (Wildman–Crippen LogP) is 0.155. The molecule has 0 aromatic carbocycles. The van der Waals surface area contributed by atoms with Crippen LogP contribution in [0.15, 0.2) is 29.0 Å². The van der Waals surface area contributed by atoms with Crippen molar-refractivity contribution in [3.63, 3.8) is 0 Å². The molecule has 138 valence electrons. The maximum absolute atomic E-state index is 12.9. The summed E-state index contributed by atoms with van der Waals surface area (Å²) in [5.41, 5.74) is 0.217. The molecule has 2 atom stereocenters. The lowest BCUT2D eigenvalue weighted by atomic mass is 10.0. The second-order valence-corrected chi connectivity index (χ2v) is 8.64. The molecule has 26 heavy (non-hydrogen) atoms. The molecule has 1 amide bonds. The minimum Gasteiger partial charge on any atom is -0.361 e. The summed E-state index contributed by atoms with van der Waals surface area (Å²) in [5.74, 6) is 0.736. The third-order valence-corrected chi connectivity index (χ3v) is 6.57. The Kier molecular flexibility index (Phi) is 4.14. The number of carbonyl (C=O) groups excluding carboxylic acids is 1. The molecule has 0 bridgehead atoms. The van der Waals surface area contributed by atoms with E-state index in [4.69, 9.17) is 4.52 Å². The van der Waals surface area contributed by atoms with Gasteiger partial charge in [0.25, 0.3) is 5.91 Å². The average molecular weight is 377 g/mol. The summed E-state index contributed by atoms with van der Waals surface area (Å²) < 4.78 is 29.7. The topological polar surface area (TPSA) is 110 Å². The number of anilines is 1. The number of rotatable bonds is 3. The first-order valence-electron chi connectivity index (χ1n) is 8.49. The van der Waals surface area contributed by atoms with Crippen molar-refractivity contribution < 1.29 is 17.7 Å². The van der Waals surface area contributed by atoms with E-state index in [0.717, 1.165) is 0 Å². The Bertz CT molecular complexity index is 914. The zero-order valence-electron chi connectivity index (χ0n) is 14.3. The van der Waals surface area contributed by atoms with Gasteiger partial charge in [0.1, 0.15) is 5.76 Å². The monoisotopic (exact) mass is 377 g/mol. The Labute approximate surface area is 150 Å². The molecule has 2 aliphatic rings. The van der Waals surface area contributed by atoms with E-state index in [-0.39, 0.29) is 29.1 Å². The molecule has 0 radical (unpaired) electrons. The maximum Gasteiger partial charge on any atom is 0.276 e. The summed E-state index contributed by atoms with van der Waals surface area (Å²) in [6.07, 6.45) is 3.89. The van der Waals surface area contributed by atoms with Gasteiger partial charge in [-0.05, 0) is 6.07 Å². The quantitative estimate of drug-likeness (QED) is 0.744. The first kappa shape index (κ1) is 17.0. The zero-order chi connectivity index (χ0) is 18.3. The van der Waals surface area contributed by atoms with Crippen molar-refractivity contribution in [2.24, 2.45) is 0 Å². The van der Waals surface area contributed by atoms with Gasteiger partial charge in [-0.3, -0.25) is 4.79 Å². The molecule has 2 fully saturated rings. The second kappa shape index (κ2) is 6.35. The van der Waals surface area contributed by atoms with E-state index in [0.29, 0.717) is 31.2 Å². The van der Waals surface area contributed by atoms with Gasteiger partial charge in [-0.1, -0.05) is 12.1 Å². The van der Waals surface area contributed by atoms with E-state index in [2.05, 4.69) is 15.1 Å². The van der Waals surface area contributed by atoms with Crippen molar-refractivity contribution in [1.29, 1.82) is 0 Å². The molecule has 4 rings (SSSR count). The Morgan fingerprint density at radius 1 is 1.23 bits per heavy atom. The molecule has 0 spiro atoms. The highest BCUT2D eigenvalue weighted by Gasteiger charge is 2.49. The average Bonchev–Trinajstić information content (AvgIpc) is 3.24. The lowest BCUT2D eigenvalue weighted by Gasteiger charge is -2.43. The van der Waals surface area contributed by atoms with Crippen LogP contribution in [0.2, 0.25) is 0 Å². The third-order valence-electron chi connectivity index (χ3n) is 4.87. The summed E-state index contributed by atoms with van der Waals surface area (Å²) in [4.78, 5) is 24.9. The smallest absolute Gasteiger partial charge is 0.276 e. The molecule has 0 saturated carbocycles. The highest BCUT2D eigenvalue weighted by Crippen LogP contribution is 2.30. The van der Waals surface area contributed by atoms with Gasteiger partial charge in [-0.15, -0.1) is 0 Å². The van der Waals surface area contributed by atoms with Crippen molar-refractivity contribution in [2.45, 2.75) is 25.4 Å². The molecule has 0 N–H and O–H groups in total. The van der Waals surface area contributed by atoms with Crippen LogP contribution in [0.1, 0.15) is 23.2 Å². The minimum atomic E-state index is -3.25. The minimum absolute atomic E-state index is 0.0152. The number of piperazine rings is 1. The predicted molar refractivity (Wildman–Crippen MR) is 92.5 cm³/mol.